The van der Waals surface area contributed by atoms with Crippen molar-refractivity contribution < 1.29 is 23.9 Å². The predicted molar refractivity (Wildman–Crippen MR) is 103 cm³/mol. The zero-order chi connectivity index (χ0) is 20.5. The molecule has 1 N–H and O–H groups in total. The standard InChI is InChI=1S/C21H28N2O5/c1-13-5-8-16(9-6-13)28-18(24)12-23-19(25)21(3,22-20(23)26)15-7-10-17(27-4)14(2)11-15/h7,10-11,13,16H,5-6,8-9,12H2,1-4H3,(H,22,26). The van der Waals surface area contributed by atoms with Crippen molar-refractivity contribution >= 4 is 17.9 Å². The molecule has 0 radical (unpaired) electrons. The van der Waals surface area contributed by atoms with Crippen LogP contribution in [0.25, 0.3) is 0 Å². The van der Waals surface area contributed by atoms with Crippen LogP contribution in [0, 0.1) is 12.8 Å². The van der Waals surface area contributed by atoms with Crippen LogP contribution in [0.2, 0.25) is 0 Å². The molecule has 2 aliphatic rings. The molecule has 1 heterocycles. The predicted octanol–water partition coefficient (Wildman–Crippen LogP) is 2.89. The minimum atomic E-state index is -1.23. The van der Waals surface area contributed by atoms with Gasteiger partial charge < -0.3 is 14.8 Å². The maximum atomic E-state index is 13.0. The fraction of sp³-hybridized carbons (Fsp3) is 0.571. The Morgan fingerprint density at radius 3 is 2.54 bits per heavy atom. The van der Waals surface area contributed by atoms with Gasteiger partial charge in [-0.25, -0.2) is 4.79 Å². The molecule has 1 saturated heterocycles. The van der Waals surface area contributed by atoms with Crippen molar-refractivity contribution in [3.8, 4) is 5.75 Å². The second-order valence-electron chi connectivity index (χ2n) is 8.00. The van der Waals surface area contributed by atoms with Crippen molar-refractivity contribution in [2.24, 2.45) is 5.92 Å². The van der Waals surface area contributed by atoms with E-state index in [1.165, 1.54) is 0 Å². The summed E-state index contributed by atoms with van der Waals surface area (Å²) in [6.07, 6.45) is 3.58. The van der Waals surface area contributed by atoms with Gasteiger partial charge >= 0.3 is 12.0 Å². The van der Waals surface area contributed by atoms with Gasteiger partial charge in [0.15, 0.2) is 0 Å². The lowest BCUT2D eigenvalue weighted by molar-refractivity contribution is -0.154. The van der Waals surface area contributed by atoms with Crippen LogP contribution in [0.1, 0.15) is 50.7 Å². The number of imide groups is 1. The van der Waals surface area contributed by atoms with E-state index in [0.29, 0.717) is 17.2 Å². The Kier molecular flexibility index (Phi) is 5.63. The molecule has 28 heavy (non-hydrogen) atoms. The van der Waals surface area contributed by atoms with Crippen LogP contribution in [0.4, 0.5) is 4.79 Å². The maximum absolute atomic E-state index is 13.0. The van der Waals surface area contributed by atoms with Gasteiger partial charge in [-0.1, -0.05) is 13.0 Å². The zero-order valence-corrected chi connectivity index (χ0v) is 16.9. The molecule has 0 aromatic heterocycles. The molecule has 7 nitrogen and oxygen atoms in total. The number of nitrogens with zero attached hydrogens (tertiary/aromatic N) is 1. The van der Waals surface area contributed by atoms with Crippen molar-refractivity contribution in [2.45, 2.75) is 58.1 Å². The highest BCUT2D eigenvalue weighted by molar-refractivity contribution is 6.08. The first-order chi connectivity index (χ1) is 13.2. The second-order valence-corrected chi connectivity index (χ2v) is 8.00. The highest BCUT2D eigenvalue weighted by Crippen LogP contribution is 2.32. The SMILES string of the molecule is COc1ccc(C2(C)NC(=O)N(CC(=O)OC3CCC(C)CC3)C2=O)cc1C. The molecule has 152 valence electrons. The number of hydrogen-bond acceptors (Lipinski definition) is 5. The summed E-state index contributed by atoms with van der Waals surface area (Å²) in [5, 5.41) is 2.71. The van der Waals surface area contributed by atoms with E-state index in [2.05, 4.69) is 12.2 Å². The fourth-order valence-corrected chi connectivity index (χ4v) is 3.93. The van der Waals surface area contributed by atoms with E-state index in [-0.39, 0.29) is 12.6 Å². The van der Waals surface area contributed by atoms with Gasteiger partial charge in [0.05, 0.1) is 7.11 Å². The van der Waals surface area contributed by atoms with Gasteiger partial charge in [-0.3, -0.25) is 14.5 Å². The second kappa shape index (κ2) is 7.81. The minimum absolute atomic E-state index is 0.125. The maximum Gasteiger partial charge on any atom is 0.326 e. The van der Waals surface area contributed by atoms with E-state index in [1.807, 2.05) is 13.0 Å². The first-order valence-corrected chi connectivity index (χ1v) is 9.73. The number of aryl methyl sites for hydroxylation is 1. The molecule has 0 spiro atoms. The first kappa shape index (κ1) is 20.2. The van der Waals surface area contributed by atoms with Gasteiger partial charge in [-0.2, -0.15) is 0 Å². The molecule has 1 aromatic carbocycles. The molecule has 1 atom stereocenters. The average molecular weight is 388 g/mol. The van der Waals surface area contributed by atoms with E-state index < -0.39 is 23.4 Å². The van der Waals surface area contributed by atoms with Crippen LogP contribution < -0.4 is 10.1 Å². The lowest BCUT2D eigenvalue weighted by Gasteiger charge is -2.26. The van der Waals surface area contributed by atoms with Gasteiger partial charge in [0.2, 0.25) is 0 Å². The summed E-state index contributed by atoms with van der Waals surface area (Å²) in [5.74, 6) is 0.343. The summed E-state index contributed by atoms with van der Waals surface area (Å²) >= 11 is 0. The first-order valence-electron chi connectivity index (χ1n) is 9.73. The highest BCUT2D eigenvalue weighted by atomic mass is 16.5. The normalized spacial score (nSPS) is 27.5. The molecule has 2 fully saturated rings. The van der Waals surface area contributed by atoms with Gasteiger partial charge in [-0.05, 0) is 68.7 Å². The van der Waals surface area contributed by atoms with Gasteiger partial charge in [0.1, 0.15) is 23.9 Å². The van der Waals surface area contributed by atoms with Crippen molar-refractivity contribution in [3.05, 3.63) is 29.3 Å². The third kappa shape index (κ3) is 3.84. The number of methoxy groups -OCH3 is 1. The highest BCUT2D eigenvalue weighted by Gasteiger charge is 2.49. The van der Waals surface area contributed by atoms with Crippen LogP contribution in [0.3, 0.4) is 0 Å². The monoisotopic (exact) mass is 388 g/mol. The number of hydrogen-bond donors (Lipinski definition) is 1. The van der Waals surface area contributed by atoms with Gasteiger partial charge in [0.25, 0.3) is 5.91 Å². The number of benzene rings is 1. The summed E-state index contributed by atoms with van der Waals surface area (Å²) in [6, 6.07) is 4.73. The van der Waals surface area contributed by atoms with Crippen molar-refractivity contribution in [1.82, 2.24) is 10.2 Å². The van der Waals surface area contributed by atoms with Crippen LogP contribution in [-0.4, -0.2) is 42.6 Å². The molecule has 1 aliphatic carbocycles. The molecule has 1 aliphatic heterocycles. The number of ether oxygens (including phenoxy) is 2. The van der Waals surface area contributed by atoms with E-state index in [9.17, 15) is 14.4 Å². The van der Waals surface area contributed by atoms with Crippen LogP contribution in [0.5, 0.6) is 5.75 Å². The Balaban J connectivity index is 1.69. The Morgan fingerprint density at radius 1 is 1.25 bits per heavy atom. The lowest BCUT2D eigenvalue weighted by Crippen LogP contribution is -2.42. The summed E-state index contributed by atoms with van der Waals surface area (Å²) in [6.45, 7) is 5.32. The number of amides is 3. The van der Waals surface area contributed by atoms with E-state index >= 15 is 0 Å². The Labute approximate surface area is 165 Å². The topological polar surface area (TPSA) is 84.9 Å². The van der Waals surface area contributed by atoms with Crippen molar-refractivity contribution in [1.29, 1.82) is 0 Å². The molecule has 0 bridgehead atoms. The van der Waals surface area contributed by atoms with Gasteiger partial charge in [-0.15, -0.1) is 0 Å². The van der Waals surface area contributed by atoms with E-state index in [0.717, 1.165) is 36.1 Å². The van der Waals surface area contributed by atoms with Gasteiger partial charge in [0, 0.05) is 0 Å². The van der Waals surface area contributed by atoms with Crippen LogP contribution in [0.15, 0.2) is 18.2 Å². The Morgan fingerprint density at radius 2 is 1.93 bits per heavy atom. The smallest absolute Gasteiger partial charge is 0.326 e. The summed E-state index contributed by atoms with van der Waals surface area (Å²) < 4.78 is 10.7. The number of carbonyl (C=O) groups excluding carboxylic acids is 3. The quantitative estimate of drug-likeness (QED) is 0.619. The molecule has 1 unspecified atom stereocenters. The molecule has 1 saturated carbocycles. The van der Waals surface area contributed by atoms with Crippen molar-refractivity contribution in [2.75, 3.05) is 13.7 Å². The molecular weight excluding hydrogens is 360 g/mol. The van der Waals surface area contributed by atoms with E-state index in [4.69, 9.17) is 9.47 Å². The zero-order valence-electron chi connectivity index (χ0n) is 16.9. The minimum Gasteiger partial charge on any atom is -0.496 e. The summed E-state index contributed by atoms with van der Waals surface area (Å²) in [5.41, 5.74) is 0.267. The van der Waals surface area contributed by atoms with Crippen LogP contribution >= 0.6 is 0 Å². The number of carbonyl (C=O) groups is 3. The Hall–Kier alpha value is -2.57. The average Bonchev–Trinajstić information content (AvgIpc) is 2.87. The largest absolute Gasteiger partial charge is 0.496 e. The molecule has 1 aromatic rings. The number of urea groups is 1. The van der Waals surface area contributed by atoms with Crippen molar-refractivity contribution in [3.63, 3.8) is 0 Å². The number of rotatable bonds is 5. The molecular formula is C21H28N2O5. The molecule has 3 amide bonds. The molecule has 3 rings (SSSR count). The third-order valence-electron chi connectivity index (χ3n) is 5.80. The number of nitrogens with one attached hydrogen (secondary N) is 1. The Bertz CT molecular complexity index is 785. The summed E-state index contributed by atoms with van der Waals surface area (Å²) in [7, 11) is 1.58. The lowest BCUT2D eigenvalue weighted by atomic mass is 9.89. The number of esters is 1. The van der Waals surface area contributed by atoms with Crippen LogP contribution in [-0.2, 0) is 19.9 Å². The molecule has 7 heteroatoms. The third-order valence-corrected chi connectivity index (χ3v) is 5.80. The summed E-state index contributed by atoms with van der Waals surface area (Å²) in [4.78, 5) is 38.6. The fourth-order valence-electron chi connectivity index (χ4n) is 3.93. The van der Waals surface area contributed by atoms with E-state index in [1.54, 1.807) is 26.2 Å².